The molecule has 2 rings (SSSR count). The first kappa shape index (κ1) is 21.5. The Morgan fingerprint density at radius 1 is 1.41 bits per heavy atom. The molecule has 1 aliphatic rings. The Hall–Kier alpha value is -1.76. The summed E-state index contributed by atoms with van der Waals surface area (Å²) in [4.78, 5) is 19.8. The maximum atomic E-state index is 12.3. The Balaban J connectivity index is 1.72. The van der Waals surface area contributed by atoms with Crippen LogP contribution in [0.2, 0.25) is 0 Å². The Morgan fingerprint density at radius 3 is 2.81 bits per heavy atom. The zero-order chi connectivity index (χ0) is 19.9. The van der Waals surface area contributed by atoms with Crippen molar-refractivity contribution in [2.75, 3.05) is 26.7 Å². The van der Waals surface area contributed by atoms with Gasteiger partial charge in [0.05, 0.1) is 6.54 Å². The van der Waals surface area contributed by atoms with Gasteiger partial charge in [-0.1, -0.05) is 0 Å². The number of thiophene rings is 1. The van der Waals surface area contributed by atoms with Crippen LogP contribution in [-0.4, -0.2) is 49.2 Å². The molecule has 2 heterocycles. The molecule has 152 valence electrons. The maximum absolute atomic E-state index is 12.3. The predicted octanol–water partition coefficient (Wildman–Crippen LogP) is 3.76. The highest BCUT2D eigenvalue weighted by molar-refractivity contribution is 7.10. The summed E-state index contributed by atoms with van der Waals surface area (Å²) >= 11 is 1.76. The molecule has 2 N–H and O–H groups in total. The highest BCUT2D eigenvalue weighted by Crippen LogP contribution is 2.21. The number of nitrogens with zero attached hydrogens (tertiary/aromatic N) is 2. The largest absolute Gasteiger partial charge is 0.444 e. The minimum atomic E-state index is -0.440. The van der Waals surface area contributed by atoms with Gasteiger partial charge in [-0.3, -0.25) is 4.99 Å². The molecule has 1 aromatic heterocycles. The molecular weight excluding hydrogens is 360 g/mol. The van der Waals surface area contributed by atoms with Crippen molar-refractivity contribution in [2.45, 2.75) is 59.1 Å². The fraction of sp³-hybridized carbons (Fsp3) is 0.700. The van der Waals surface area contributed by atoms with E-state index in [1.165, 1.54) is 10.4 Å². The van der Waals surface area contributed by atoms with Crippen molar-refractivity contribution in [1.82, 2.24) is 15.5 Å². The summed E-state index contributed by atoms with van der Waals surface area (Å²) in [6.07, 6.45) is 3.01. The van der Waals surface area contributed by atoms with Gasteiger partial charge in [-0.15, -0.1) is 11.3 Å². The maximum Gasteiger partial charge on any atom is 0.410 e. The second kappa shape index (κ2) is 9.97. The van der Waals surface area contributed by atoms with E-state index in [2.05, 4.69) is 34.0 Å². The molecule has 1 atom stereocenters. The van der Waals surface area contributed by atoms with E-state index in [0.717, 1.165) is 51.4 Å². The summed E-state index contributed by atoms with van der Waals surface area (Å²) in [5.41, 5.74) is 0.873. The van der Waals surface area contributed by atoms with E-state index in [4.69, 9.17) is 4.74 Å². The van der Waals surface area contributed by atoms with E-state index >= 15 is 0 Å². The van der Waals surface area contributed by atoms with Crippen LogP contribution in [0.5, 0.6) is 0 Å². The van der Waals surface area contributed by atoms with Crippen molar-refractivity contribution in [3.8, 4) is 0 Å². The minimum absolute atomic E-state index is 0.191. The van der Waals surface area contributed by atoms with E-state index in [9.17, 15) is 4.79 Å². The predicted molar refractivity (Wildman–Crippen MR) is 112 cm³/mol. The van der Waals surface area contributed by atoms with E-state index in [1.807, 2.05) is 25.7 Å². The Morgan fingerprint density at radius 2 is 2.19 bits per heavy atom. The van der Waals surface area contributed by atoms with Gasteiger partial charge in [-0.25, -0.2) is 4.79 Å². The first-order valence-corrected chi connectivity index (χ1v) is 10.6. The van der Waals surface area contributed by atoms with Crippen molar-refractivity contribution in [2.24, 2.45) is 10.9 Å². The highest BCUT2D eigenvalue weighted by Gasteiger charge is 2.27. The van der Waals surface area contributed by atoms with Crippen LogP contribution >= 0.6 is 11.3 Å². The molecule has 1 unspecified atom stereocenters. The molecule has 1 aromatic rings. The van der Waals surface area contributed by atoms with Crippen molar-refractivity contribution < 1.29 is 9.53 Å². The van der Waals surface area contributed by atoms with Crippen LogP contribution in [-0.2, 0) is 11.3 Å². The van der Waals surface area contributed by atoms with Crippen molar-refractivity contribution in [1.29, 1.82) is 0 Å². The monoisotopic (exact) mass is 394 g/mol. The number of nitrogens with one attached hydrogen (secondary N) is 2. The number of ether oxygens (including phenoxy) is 1. The summed E-state index contributed by atoms with van der Waals surface area (Å²) in [6, 6.07) is 2.14. The molecule has 1 amide bonds. The van der Waals surface area contributed by atoms with Gasteiger partial charge in [-0.2, -0.15) is 0 Å². The minimum Gasteiger partial charge on any atom is -0.444 e. The van der Waals surface area contributed by atoms with Crippen LogP contribution in [0.25, 0.3) is 0 Å². The number of aliphatic imine (C=N–C) groups is 1. The van der Waals surface area contributed by atoms with Gasteiger partial charge in [0, 0.05) is 31.6 Å². The molecule has 1 fully saturated rings. The highest BCUT2D eigenvalue weighted by atomic mass is 32.1. The van der Waals surface area contributed by atoms with E-state index in [1.54, 1.807) is 18.4 Å². The molecule has 7 heteroatoms. The number of rotatable bonds is 5. The number of carbonyl (C=O) groups is 1. The fourth-order valence-electron chi connectivity index (χ4n) is 3.16. The van der Waals surface area contributed by atoms with Gasteiger partial charge in [-0.05, 0) is 69.9 Å². The van der Waals surface area contributed by atoms with Crippen LogP contribution in [0.1, 0.15) is 50.5 Å². The van der Waals surface area contributed by atoms with Gasteiger partial charge in [0.2, 0.25) is 0 Å². The van der Waals surface area contributed by atoms with E-state index in [0.29, 0.717) is 5.92 Å². The normalized spacial score (nSPS) is 18.3. The molecule has 0 saturated carbocycles. The quantitative estimate of drug-likeness (QED) is 0.589. The lowest BCUT2D eigenvalue weighted by Gasteiger charge is -2.34. The zero-order valence-electron chi connectivity index (χ0n) is 17.3. The SMILES string of the molecule is CN=C(NCCC1CCCN(C(=O)OC(C)(C)C)C1)NCc1sccc1C. The third-order valence-electron chi connectivity index (χ3n) is 4.62. The summed E-state index contributed by atoms with van der Waals surface area (Å²) in [5.74, 6) is 1.32. The Labute approximate surface area is 167 Å². The second-order valence-electron chi connectivity index (χ2n) is 8.10. The number of likely N-dealkylation sites (tertiary alicyclic amines) is 1. The van der Waals surface area contributed by atoms with E-state index in [-0.39, 0.29) is 6.09 Å². The Kier molecular flexibility index (Phi) is 7.95. The number of amides is 1. The lowest BCUT2D eigenvalue weighted by atomic mass is 9.95. The van der Waals surface area contributed by atoms with Gasteiger partial charge in [0.15, 0.2) is 5.96 Å². The van der Waals surface area contributed by atoms with Gasteiger partial charge < -0.3 is 20.3 Å². The lowest BCUT2D eigenvalue weighted by Crippen LogP contribution is -2.44. The number of piperidine rings is 1. The average Bonchev–Trinajstić information content (AvgIpc) is 3.01. The third-order valence-corrected chi connectivity index (χ3v) is 5.65. The molecule has 0 aliphatic carbocycles. The summed E-state index contributed by atoms with van der Waals surface area (Å²) in [6.45, 7) is 11.1. The van der Waals surface area contributed by atoms with Crippen LogP contribution in [0.15, 0.2) is 16.4 Å². The topological polar surface area (TPSA) is 66.0 Å². The van der Waals surface area contributed by atoms with Crippen LogP contribution in [0.4, 0.5) is 4.79 Å². The summed E-state index contributed by atoms with van der Waals surface area (Å²) in [5, 5.41) is 8.87. The zero-order valence-corrected chi connectivity index (χ0v) is 18.1. The molecule has 6 nitrogen and oxygen atoms in total. The molecular formula is C20H34N4O2S. The van der Waals surface area contributed by atoms with Crippen molar-refractivity contribution in [3.63, 3.8) is 0 Å². The Bertz CT molecular complexity index is 636. The molecule has 1 saturated heterocycles. The first-order valence-electron chi connectivity index (χ1n) is 9.74. The van der Waals surface area contributed by atoms with Gasteiger partial charge >= 0.3 is 6.09 Å². The van der Waals surface area contributed by atoms with Crippen LogP contribution in [0, 0.1) is 12.8 Å². The first-order chi connectivity index (χ1) is 12.8. The third kappa shape index (κ3) is 7.40. The number of carbonyl (C=O) groups excluding carboxylic acids is 1. The molecule has 0 aromatic carbocycles. The smallest absolute Gasteiger partial charge is 0.410 e. The van der Waals surface area contributed by atoms with Crippen LogP contribution in [0.3, 0.4) is 0 Å². The summed E-state index contributed by atoms with van der Waals surface area (Å²) in [7, 11) is 1.79. The molecule has 0 radical (unpaired) electrons. The van der Waals surface area contributed by atoms with Gasteiger partial charge in [0.1, 0.15) is 5.60 Å². The average molecular weight is 395 g/mol. The van der Waals surface area contributed by atoms with Crippen LogP contribution < -0.4 is 10.6 Å². The number of guanidine groups is 1. The molecule has 0 spiro atoms. The fourth-order valence-corrected chi connectivity index (χ4v) is 4.00. The lowest BCUT2D eigenvalue weighted by molar-refractivity contribution is 0.0162. The summed E-state index contributed by atoms with van der Waals surface area (Å²) < 4.78 is 5.51. The molecule has 27 heavy (non-hydrogen) atoms. The molecule has 1 aliphatic heterocycles. The number of hydrogen-bond acceptors (Lipinski definition) is 4. The number of aryl methyl sites for hydroxylation is 1. The molecule has 0 bridgehead atoms. The standard InChI is InChI=1S/C20H34N4O2S/c1-15-9-12-27-17(15)13-23-18(21-5)22-10-8-16-7-6-11-24(14-16)19(25)26-20(2,3)4/h9,12,16H,6-8,10-11,13-14H2,1-5H3,(H2,21,22,23). The van der Waals surface area contributed by atoms with Gasteiger partial charge in [0.25, 0.3) is 0 Å². The number of hydrogen-bond donors (Lipinski definition) is 2. The van der Waals surface area contributed by atoms with E-state index < -0.39 is 5.60 Å². The van der Waals surface area contributed by atoms with Crippen molar-refractivity contribution in [3.05, 3.63) is 21.9 Å². The second-order valence-corrected chi connectivity index (χ2v) is 9.10. The van der Waals surface area contributed by atoms with Crippen molar-refractivity contribution >= 4 is 23.4 Å².